The van der Waals surface area contributed by atoms with E-state index >= 15 is 0 Å². The highest BCUT2D eigenvalue weighted by Gasteiger charge is 2.52. The molecule has 0 spiro atoms. The van der Waals surface area contributed by atoms with Gasteiger partial charge in [0, 0.05) is 12.4 Å². The Kier molecular flexibility index (Phi) is 3.61. The van der Waals surface area contributed by atoms with Gasteiger partial charge >= 0.3 is 8.80 Å². The predicted molar refractivity (Wildman–Crippen MR) is 58.9 cm³/mol. The van der Waals surface area contributed by atoms with Crippen molar-refractivity contribution >= 4 is 8.80 Å². The smallest absolute Gasteiger partial charge is 0.389 e. The van der Waals surface area contributed by atoms with Gasteiger partial charge in [0.2, 0.25) is 0 Å². The zero-order valence-corrected chi connectivity index (χ0v) is 10.0. The number of aromatic nitrogens is 1. The lowest BCUT2D eigenvalue weighted by Crippen LogP contribution is -2.57. The van der Waals surface area contributed by atoms with Crippen LogP contribution in [0, 0.1) is 0 Å². The van der Waals surface area contributed by atoms with Crippen molar-refractivity contribution in [3.8, 4) is 0 Å². The molecule has 5 heteroatoms. The Balaban J connectivity index is 3.24. The van der Waals surface area contributed by atoms with Crippen molar-refractivity contribution in [2.45, 2.75) is 31.7 Å². The van der Waals surface area contributed by atoms with E-state index in [0.29, 0.717) is 12.8 Å². The maximum absolute atomic E-state index is 9.61. The molecule has 0 amide bonds. The largest absolute Gasteiger partial charge is 0.503 e. The summed E-state index contributed by atoms with van der Waals surface area (Å²) in [5, 5.41) is -0.921. The summed E-state index contributed by atoms with van der Waals surface area (Å²) >= 11 is 0. The minimum absolute atomic E-state index is 0.489. The molecule has 0 radical (unpaired) electrons. The van der Waals surface area contributed by atoms with Crippen molar-refractivity contribution in [2.24, 2.45) is 0 Å². The van der Waals surface area contributed by atoms with Crippen molar-refractivity contribution < 1.29 is 14.4 Å². The van der Waals surface area contributed by atoms with Crippen LogP contribution in [0.25, 0.3) is 0 Å². The third kappa shape index (κ3) is 2.10. The van der Waals surface area contributed by atoms with Crippen LogP contribution in [0.1, 0.15) is 32.3 Å². The maximum atomic E-state index is 9.61. The Morgan fingerprint density at radius 3 is 1.93 bits per heavy atom. The van der Waals surface area contributed by atoms with Gasteiger partial charge in [-0.15, -0.1) is 0 Å². The van der Waals surface area contributed by atoms with E-state index in [-0.39, 0.29) is 0 Å². The van der Waals surface area contributed by atoms with Gasteiger partial charge in [-0.2, -0.15) is 0 Å². The van der Waals surface area contributed by atoms with E-state index < -0.39 is 13.8 Å². The van der Waals surface area contributed by atoms with Crippen LogP contribution in [-0.4, -0.2) is 28.2 Å². The molecule has 0 aliphatic rings. The third-order valence-electron chi connectivity index (χ3n) is 3.08. The van der Waals surface area contributed by atoms with Crippen LogP contribution in [0.4, 0.5) is 0 Å². The molecular weight excluding hydrogens is 210 g/mol. The van der Waals surface area contributed by atoms with Gasteiger partial charge in [0.25, 0.3) is 0 Å². The topological polar surface area (TPSA) is 73.6 Å². The van der Waals surface area contributed by atoms with E-state index in [2.05, 4.69) is 4.98 Å². The second-order valence-corrected chi connectivity index (χ2v) is 5.89. The highest BCUT2D eigenvalue weighted by atomic mass is 28.4. The fraction of sp³-hybridized carbons (Fsp3) is 0.500. The summed E-state index contributed by atoms with van der Waals surface area (Å²) < 4.78 is 0. The molecule has 0 fully saturated rings. The molecule has 1 heterocycles. The normalized spacial score (nSPS) is 12.9. The SMILES string of the molecule is CCC(CC)(c1ccncc1)[Si](O)(O)O. The quantitative estimate of drug-likeness (QED) is 0.658. The zero-order chi connectivity index (χ0) is 11.5. The van der Waals surface area contributed by atoms with Gasteiger partial charge in [-0.1, -0.05) is 13.8 Å². The van der Waals surface area contributed by atoms with Crippen LogP contribution in [0.2, 0.25) is 0 Å². The molecule has 4 nitrogen and oxygen atoms in total. The molecule has 0 aliphatic heterocycles. The van der Waals surface area contributed by atoms with Gasteiger partial charge in [0.05, 0.1) is 5.04 Å². The molecule has 1 rings (SSSR count). The Morgan fingerprint density at radius 1 is 1.13 bits per heavy atom. The minimum atomic E-state index is -4.21. The monoisotopic (exact) mass is 227 g/mol. The van der Waals surface area contributed by atoms with Gasteiger partial charge in [-0.25, -0.2) is 0 Å². The minimum Gasteiger partial charge on any atom is -0.389 e. The summed E-state index contributed by atoms with van der Waals surface area (Å²) in [5.41, 5.74) is 0.738. The summed E-state index contributed by atoms with van der Waals surface area (Å²) in [6.45, 7) is 3.68. The molecule has 1 aromatic rings. The molecule has 0 saturated carbocycles. The lowest BCUT2D eigenvalue weighted by Gasteiger charge is -2.36. The van der Waals surface area contributed by atoms with Crippen LogP contribution >= 0.6 is 0 Å². The molecule has 3 N–H and O–H groups in total. The van der Waals surface area contributed by atoms with Crippen LogP contribution < -0.4 is 0 Å². The van der Waals surface area contributed by atoms with Crippen molar-refractivity contribution in [2.75, 3.05) is 0 Å². The number of rotatable bonds is 4. The van der Waals surface area contributed by atoms with Crippen molar-refractivity contribution in [3.63, 3.8) is 0 Å². The molecule has 15 heavy (non-hydrogen) atoms. The van der Waals surface area contributed by atoms with Crippen molar-refractivity contribution in [1.82, 2.24) is 4.98 Å². The molecule has 0 unspecified atom stereocenters. The van der Waals surface area contributed by atoms with Gasteiger partial charge in [-0.05, 0) is 30.5 Å². The number of hydrogen-bond donors (Lipinski definition) is 3. The number of pyridine rings is 1. The molecule has 84 valence electrons. The average molecular weight is 227 g/mol. The zero-order valence-electron chi connectivity index (χ0n) is 9.01. The maximum Gasteiger partial charge on any atom is 0.503 e. The molecule has 0 aromatic carbocycles. The molecular formula is C10H17NO3Si. The van der Waals surface area contributed by atoms with Crippen LogP contribution in [-0.2, 0) is 5.04 Å². The summed E-state index contributed by atoms with van der Waals surface area (Å²) in [7, 11) is -4.21. The summed E-state index contributed by atoms with van der Waals surface area (Å²) in [5.74, 6) is 0. The van der Waals surface area contributed by atoms with Crippen LogP contribution in [0.5, 0.6) is 0 Å². The van der Waals surface area contributed by atoms with E-state index in [1.54, 1.807) is 24.5 Å². The Bertz CT molecular complexity index is 306. The van der Waals surface area contributed by atoms with E-state index in [1.807, 2.05) is 13.8 Å². The molecule has 0 aliphatic carbocycles. The van der Waals surface area contributed by atoms with Gasteiger partial charge in [0.1, 0.15) is 0 Å². The molecule has 0 saturated heterocycles. The third-order valence-corrected chi connectivity index (χ3v) is 5.36. The van der Waals surface area contributed by atoms with E-state index in [1.165, 1.54) is 0 Å². The second-order valence-electron chi connectivity index (χ2n) is 3.66. The first-order valence-electron chi connectivity index (χ1n) is 5.05. The van der Waals surface area contributed by atoms with Crippen LogP contribution in [0.15, 0.2) is 24.5 Å². The fourth-order valence-electron chi connectivity index (χ4n) is 2.00. The number of nitrogens with zero attached hydrogens (tertiary/aromatic N) is 1. The summed E-state index contributed by atoms with van der Waals surface area (Å²) in [6.07, 6.45) is 4.16. The Labute approximate surface area is 90.6 Å². The Morgan fingerprint density at radius 2 is 1.60 bits per heavy atom. The highest BCUT2D eigenvalue weighted by molar-refractivity contribution is 6.60. The van der Waals surface area contributed by atoms with E-state index in [9.17, 15) is 14.4 Å². The highest BCUT2D eigenvalue weighted by Crippen LogP contribution is 2.36. The van der Waals surface area contributed by atoms with E-state index in [0.717, 1.165) is 5.56 Å². The van der Waals surface area contributed by atoms with E-state index in [4.69, 9.17) is 0 Å². The first kappa shape index (κ1) is 12.3. The number of hydrogen-bond acceptors (Lipinski definition) is 4. The lowest BCUT2D eigenvalue weighted by atomic mass is 9.93. The first-order valence-corrected chi connectivity index (χ1v) is 6.89. The summed E-state index contributed by atoms with van der Waals surface area (Å²) in [6, 6.07) is 3.44. The Hall–Kier alpha value is -0.753. The van der Waals surface area contributed by atoms with Crippen molar-refractivity contribution in [3.05, 3.63) is 30.1 Å². The molecule has 0 atom stereocenters. The standard InChI is InChI=1S/C10H17NO3Si/c1-3-10(4-2,15(12,13)14)9-5-7-11-8-6-9/h5-8,12-14H,3-4H2,1-2H3. The lowest BCUT2D eigenvalue weighted by molar-refractivity contribution is 0.172. The second kappa shape index (κ2) is 4.40. The van der Waals surface area contributed by atoms with Gasteiger partial charge < -0.3 is 14.4 Å². The molecule has 0 bridgehead atoms. The van der Waals surface area contributed by atoms with Crippen LogP contribution in [0.3, 0.4) is 0 Å². The molecule has 1 aromatic heterocycles. The first-order chi connectivity index (χ1) is 6.98. The van der Waals surface area contributed by atoms with Gasteiger partial charge in [-0.3, -0.25) is 4.98 Å². The predicted octanol–water partition coefficient (Wildman–Crippen LogP) is 0.594. The summed E-state index contributed by atoms with van der Waals surface area (Å²) in [4.78, 5) is 32.7. The fourth-order valence-corrected chi connectivity index (χ4v) is 3.50. The van der Waals surface area contributed by atoms with Crippen molar-refractivity contribution in [1.29, 1.82) is 0 Å². The average Bonchev–Trinajstić information content (AvgIpc) is 2.20. The van der Waals surface area contributed by atoms with Gasteiger partial charge in [0.15, 0.2) is 0 Å².